The number of benzene rings is 1. The van der Waals surface area contributed by atoms with Crippen molar-refractivity contribution >= 4 is 10.0 Å². The second-order valence-electron chi connectivity index (χ2n) is 7.31. The summed E-state index contributed by atoms with van der Waals surface area (Å²) in [6, 6.07) is 7.59. The fourth-order valence-electron chi connectivity index (χ4n) is 3.94. The topological polar surface area (TPSA) is 49.4 Å². The molecule has 0 heterocycles. The maximum absolute atomic E-state index is 12.6. The minimum Gasteiger partial charge on any atom is -0.300 e. The standard InChI is InChI=1S/C20H34N2O2S/c1-4-14-22(15-5-2)20-9-7-6-8-18(20)16-21-25(23,24)19-12-10-17(3)11-13-19/h10-13,18,20-21H,4-9,14-16H2,1-3H3/t18-,20-/m0/s1. The Morgan fingerprint density at radius 3 is 2.24 bits per heavy atom. The summed E-state index contributed by atoms with van der Waals surface area (Å²) in [5.41, 5.74) is 1.07. The molecule has 2 atom stereocenters. The molecular weight excluding hydrogens is 332 g/mol. The van der Waals surface area contributed by atoms with Crippen LogP contribution in [0.5, 0.6) is 0 Å². The Balaban J connectivity index is 2.04. The third-order valence-corrected chi connectivity index (χ3v) is 6.67. The first-order valence-corrected chi connectivity index (χ1v) is 11.3. The van der Waals surface area contributed by atoms with Crippen LogP contribution in [-0.4, -0.2) is 39.0 Å². The van der Waals surface area contributed by atoms with Crippen molar-refractivity contribution in [2.24, 2.45) is 5.92 Å². The molecule has 4 nitrogen and oxygen atoms in total. The summed E-state index contributed by atoms with van der Waals surface area (Å²) in [5.74, 6) is 0.409. The second kappa shape index (κ2) is 9.70. The van der Waals surface area contributed by atoms with E-state index in [1.807, 2.05) is 19.1 Å². The van der Waals surface area contributed by atoms with E-state index in [-0.39, 0.29) is 0 Å². The van der Waals surface area contributed by atoms with E-state index in [4.69, 9.17) is 0 Å². The van der Waals surface area contributed by atoms with Crippen molar-refractivity contribution in [3.8, 4) is 0 Å². The summed E-state index contributed by atoms with van der Waals surface area (Å²) < 4.78 is 28.1. The number of sulfonamides is 1. The number of rotatable bonds is 9. The van der Waals surface area contributed by atoms with Crippen LogP contribution >= 0.6 is 0 Å². The van der Waals surface area contributed by atoms with Crippen LogP contribution < -0.4 is 4.72 Å². The Kier molecular flexibility index (Phi) is 7.91. The zero-order valence-corrected chi connectivity index (χ0v) is 16.8. The van der Waals surface area contributed by atoms with Crippen LogP contribution in [0.15, 0.2) is 29.2 Å². The molecule has 0 spiro atoms. The minimum atomic E-state index is -3.42. The largest absolute Gasteiger partial charge is 0.300 e. The van der Waals surface area contributed by atoms with Gasteiger partial charge in [-0.2, -0.15) is 0 Å². The third kappa shape index (κ3) is 5.80. The lowest BCUT2D eigenvalue weighted by Gasteiger charge is -2.40. The first kappa shape index (κ1) is 20.4. The highest BCUT2D eigenvalue weighted by atomic mass is 32.2. The molecule has 25 heavy (non-hydrogen) atoms. The van der Waals surface area contributed by atoms with Crippen LogP contribution in [0.4, 0.5) is 0 Å². The van der Waals surface area contributed by atoms with Crippen molar-refractivity contribution in [3.05, 3.63) is 29.8 Å². The van der Waals surface area contributed by atoms with Crippen molar-refractivity contribution in [3.63, 3.8) is 0 Å². The summed E-state index contributed by atoms with van der Waals surface area (Å²) >= 11 is 0. The lowest BCUT2D eigenvalue weighted by atomic mass is 9.83. The van der Waals surface area contributed by atoms with Crippen molar-refractivity contribution in [2.75, 3.05) is 19.6 Å². The molecular formula is C20H34N2O2S. The molecule has 142 valence electrons. The average molecular weight is 367 g/mol. The SMILES string of the molecule is CCCN(CCC)[C@H]1CCCC[C@H]1CNS(=O)(=O)c1ccc(C)cc1. The maximum atomic E-state index is 12.6. The molecule has 0 unspecified atom stereocenters. The molecule has 0 saturated heterocycles. The Hall–Kier alpha value is -0.910. The van der Waals surface area contributed by atoms with Crippen LogP contribution in [0.1, 0.15) is 57.9 Å². The molecule has 1 aliphatic rings. The summed E-state index contributed by atoms with van der Waals surface area (Å²) in [6.07, 6.45) is 7.08. The lowest BCUT2D eigenvalue weighted by Crippen LogP contribution is -2.47. The first-order chi connectivity index (χ1) is 12.0. The van der Waals surface area contributed by atoms with E-state index in [0.29, 0.717) is 23.4 Å². The van der Waals surface area contributed by atoms with Gasteiger partial charge < -0.3 is 4.90 Å². The fraction of sp³-hybridized carbons (Fsp3) is 0.700. The number of hydrogen-bond donors (Lipinski definition) is 1. The molecule has 0 amide bonds. The maximum Gasteiger partial charge on any atom is 0.240 e. The number of nitrogens with one attached hydrogen (secondary N) is 1. The highest BCUT2D eigenvalue weighted by molar-refractivity contribution is 7.89. The minimum absolute atomic E-state index is 0.365. The van der Waals surface area contributed by atoms with Gasteiger partial charge in [-0.05, 0) is 63.7 Å². The van der Waals surface area contributed by atoms with Gasteiger partial charge >= 0.3 is 0 Å². The summed E-state index contributed by atoms with van der Waals surface area (Å²) in [6.45, 7) is 9.18. The zero-order valence-electron chi connectivity index (χ0n) is 16.0. The van der Waals surface area contributed by atoms with Crippen molar-refractivity contribution in [1.82, 2.24) is 9.62 Å². The van der Waals surface area contributed by atoms with Crippen LogP contribution in [0.2, 0.25) is 0 Å². The molecule has 0 bridgehead atoms. The van der Waals surface area contributed by atoms with Gasteiger partial charge in [0.15, 0.2) is 0 Å². The Morgan fingerprint density at radius 2 is 1.64 bits per heavy atom. The molecule has 1 N–H and O–H groups in total. The van der Waals surface area contributed by atoms with Gasteiger partial charge in [-0.15, -0.1) is 0 Å². The van der Waals surface area contributed by atoms with E-state index < -0.39 is 10.0 Å². The van der Waals surface area contributed by atoms with Gasteiger partial charge in [0.1, 0.15) is 0 Å². The molecule has 0 radical (unpaired) electrons. The first-order valence-electron chi connectivity index (χ1n) is 9.78. The summed E-state index contributed by atoms with van der Waals surface area (Å²) in [7, 11) is -3.42. The van der Waals surface area contributed by atoms with Crippen molar-refractivity contribution in [2.45, 2.75) is 70.2 Å². The van der Waals surface area contributed by atoms with E-state index in [9.17, 15) is 8.42 Å². The number of hydrogen-bond acceptors (Lipinski definition) is 3. The summed E-state index contributed by atoms with van der Waals surface area (Å²) in [5, 5.41) is 0. The lowest BCUT2D eigenvalue weighted by molar-refractivity contribution is 0.105. The molecule has 1 fully saturated rings. The summed E-state index contributed by atoms with van der Waals surface area (Å²) in [4.78, 5) is 2.95. The molecule has 1 saturated carbocycles. The Bertz CT molecular complexity index is 607. The normalized spacial score (nSPS) is 21.6. The Morgan fingerprint density at radius 1 is 1.04 bits per heavy atom. The quantitative estimate of drug-likeness (QED) is 0.720. The molecule has 1 aliphatic carbocycles. The van der Waals surface area contributed by atoms with Gasteiger partial charge in [-0.3, -0.25) is 0 Å². The second-order valence-corrected chi connectivity index (χ2v) is 9.08. The molecule has 0 aromatic heterocycles. The third-order valence-electron chi connectivity index (χ3n) is 5.23. The molecule has 1 aromatic carbocycles. The highest BCUT2D eigenvalue weighted by Crippen LogP contribution is 2.29. The van der Waals surface area contributed by atoms with Crippen LogP contribution in [0.25, 0.3) is 0 Å². The Labute approximate surface area is 154 Å². The van der Waals surface area contributed by atoms with E-state index in [2.05, 4.69) is 23.5 Å². The highest BCUT2D eigenvalue weighted by Gasteiger charge is 2.30. The van der Waals surface area contributed by atoms with Gasteiger partial charge in [-0.25, -0.2) is 13.1 Å². The number of aryl methyl sites for hydroxylation is 1. The van der Waals surface area contributed by atoms with Gasteiger partial charge in [0.05, 0.1) is 4.90 Å². The van der Waals surface area contributed by atoms with Crippen molar-refractivity contribution < 1.29 is 8.42 Å². The van der Waals surface area contributed by atoms with Gasteiger partial charge in [-0.1, -0.05) is 44.4 Å². The van der Waals surface area contributed by atoms with Crippen molar-refractivity contribution in [1.29, 1.82) is 0 Å². The molecule has 5 heteroatoms. The molecule has 2 rings (SSSR count). The number of nitrogens with zero attached hydrogens (tertiary/aromatic N) is 1. The fourth-order valence-corrected chi connectivity index (χ4v) is 5.04. The van der Waals surface area contributed by atoms with Crippen LogP contribution in [-0.2, 0) is 10.0 Å². The predicted molar refractivity (Wildman–Crippen MR) is 104 cm³/mol. The van der Waals surface area contributed by atoms with Gasteiger partial charge in [0, 0.05) is 12.6 Å². The molecule has 0 aliphatic heterocycles. The van der Waals surface area contributed by atoms with E-state index in [0.717, 1.165) is 37.9 Å². The predicted octanol–water partition coefficient (Wildman–Crippen LogP) is 3.95. The van der Waals surface area contributed by atoms with Crippen LogP contribution in [0, 0.1) is 12.8 Å². The average Bonchev–Trinajstić information content (AvgIpc) is 2.60. The zero-order chi connectivity index (χ0) is 18.3. The van der Waals surface area contributed by atoms with Crippen LogP contribution in [0.3, 0.4) is 0 Å². The monoisotopic (exact) mass is 366 g/mol. The van der Waals surface area contributed by atoms with Gasteiger partial charge in [0.25, 0.3) is 0 Å². The smallest absolute Gasteiger partial charge is 0.240 e. The molecule has 1 aromatic rings. The van der Waals surface area contributed by atoms with E-state index in [1.165, 1.54) is 19.3 Å². The van der Waals surface area contributed by atoms with Gasteiger partial charge in [0.2, 0.25) is 10.0 Å². The van der Waals surface area contributed by atoms with E-state index in [1.54, 1.807) is 12.1 Å². The van der Waals surface area contributed by atoms with E-state index >= 15 is 0 Å².